The van der Waals surface area contributed by atoms with Crippen molar-refractivity contribution in [1.29, 1.82) is 0 Å². The molecule has 0 spiro atoms. The number of anilines is 1. The third-order valence-electron chi connectivity index (χ3n) is 3.14. The predicted molar refractivity (Wildman–Crippen MR) is 78.9 cm³/mol. The molecular formula is C15H22N2O3. The lowest BCUT2D eigenvalue weighted by molar-refractivity contribution is -0.141. The molecule has 1 unspecified atom stereocenters. The molecule has 3 N–H and O–H groups in total. The van der Waals surface area contributed by atoms with Crippen LogP contribution in [-0.2, 0) is 11.2 Å². The van der Waals surface area contributed by atoms with Gasteiger partial charge in [0.2, 0.25) is 0 Å². The van der Waals surface area contributed by atoms with Crippen LogP contribution in [0.25, 0.3) is 0 Å². The zero-order chi connectivity index (χ0) is 15.0. The average Bonchev–Trinajstić information content (AvgIpc) is 2.44. The van der Waals surface area contributed by atoms with Gasteiger partial charge >= 0.3 is 12.0 Å². The molecule has 2 amide bonds. The molecule has 5 heteroatoms. The smallest absolute Gasteiger partial charge is 0.319 e. The van der Waals surface area contributed by atoms with E-state index in [1.54, 1.807) is 6.92 Å². The molecule has 20 heavy (non-hydrogen) atoms. The number of carbonyl (C=O) groups is 2. The number of carboxylic acids is 1. The lowest BCUT2D eigenvalue weighted by atomic mass is 10.1. The monoisotopic (exact) mass is 278 g/mol. The minimum atomic E-state index is -0.800. The number of carboxylic acid groups (broad SMARTS) is 1. The zero-order valence-electron chi connectivity index (χ0n) is 12.0. The van der Waals surface area contributed by atoms with Crippen LogP contribution in [0.2, 0.25) is 0 Å². The highest BCUT2D eigenvalue weighted by Gasteiger charge is 2.10. The Labute approximate surface area is 119 Å². The van der Waals surface area contributed by atoms with Crippen molar-refractivity contribution in [3.8, 4) is 0 Å². The first-order chi connectivity index (χ1) is 9.52. The molecule has 0 aliphatic heterocycles. The molecule has 5 nitrogen and oxygen atoms in total. The lowest BCUT2D eigenvalue weighted by Crippen LogP contribution is -2.29. The number of aliphatic carboxylic acids is 1. The second-order valence-corrected chi connectivity index (χ2v) is 4.81. The van der Waals surface area contributed by atoms with Crippen molar-refractivity contribution in [2.24, 2.45) is 5.92 Å². The van der Waals surface area contributed by atoms with Crippen LogP contribution >= 0.6 is 0 Å². The van der Waals surface area contributed by atoms with Gasteiger partial charge in [-0.05, 0) is 37.0 Å². The van der Waals surface area contributed by atoms with Crippen LogP contribution in [0.5, 0.6) is 0 Å². The van der Waals surface area contributed by atoms with Gasteiger partial charge < -0.3 is 15.7 Å². The van der Waals surface area contributed by atoms with Crippen molar-refractivity contribution in [2.45, 2.75) is 33.1 Å². The highest BCUT2D eigenvalue weighted by molar-refractivity contribution is 5.89. The Kier molecular flexibility index (Phi) is 6.56. The second kappa shape index (κ2) is 8.19. The Morgan fingerprint density at radius 3 is 2.45 bits per heavy atom. The molecule has 1 aromatic carbocycles. The number of amides is 2. The van der Waals surface area contributed by atoms with E-state index < -0.39 is 5.97 Å². The standard InChI is InChI=1S/C15H22N2O3/c1-3-12-6-8-13(9-7-12)17-15(20)16-10-4-5-11(2)14(18)19/h6-9,11H,3-5,10H2,1-2H3,(H,18,19)(H2,16,17,20). The van der Waals surface area contributed by atoms with Gasteiger partial charge in [-0.2, -0.15) is 0 Å². The van der Waals surface area contributed by atoms with Crippen LogP contribution < -0.4 is 10.6 Å². The van der Waals surface area contributed by atoms with Crippen LogP contribution in [0.1, 0.15) is 32.3 Å². The largest absolute Gasteiger partial charge is 0.481 e. The van der Waals surface area contributed by atoms with Crippen LogP contribution in [0.4, 0.5) is 10.5 Å². The van der Waals surface area contributed by atoms with E-state index in [1.165, 1.54) is 5.56 Å². The summed E-state index contributed by atoms with van der Waals surface area (Å²) < 4.78 is 0. The fourth-order valence-electron chi connectivity index (χ4n) is 1.73. The van der Waals surface area contributed by atoms with Crippen LogP contribution in [-0.4, -0.2) is 23.7 Å². The van der Waals surface area contributed by atoms with E-state index >= 15 is 0 Å². The zero-order valence-corrected chi connectivity index (χ0v) is 12.0. The van der Waals surface area contributed by atoms with Crippen molar-refractivity contribution < 1.29 is 14.7 Å². The van der Waals surface area contributed by atoms with Gasteiger partial charge in [0.05, 0.1) is 5.92 Å². The molecule has 0 saturated heterocycles. The van der Waals surface area contributed by atoms with E-state index in [9.17, 15) is 9.59 Å². The maximum atomic E-state index is 11.6. The fourth-order valence-corrected chi connectivity index (χ4v) is 1.73. The molecule has 0 saturated carbocycles. The maximum absolute atomic E-state index is 11.6. The lowest BCUT2D eigenvalue weighted by Gasteiger charge is -2.09. The van der Waals surface area contributed by atoms with Crippen molar-refractivity contribution in [3.63, 3.8) is 0 Å². The molecule has 1 aromatic rings. The Balaban J connectivity index is 2.24. The fraction of sp³-hybridized carbons (Fsp3) is 0.467. The summed E-state index contributed by atoms with van der Waals surface area (Å²) in [6.45, 7) is 4.21. The number of carbonyl (C=O) groups excluding carboxylic acids is 1. The van der Waals surface area contributed by atoms with E-state index in [-0.39, 0.29) is 11.9 Å². The van der Waals surface area contributed by atoms with Gasteiger partial charge in [-0.15, -0.1) is 0 Å². The molecule has 0 aliphatic rings. The molecular weight excluding hydrogens is 256 g/mol. The first kappa shape index (κ1) is 16.0. The molecule has 0 fully saturated rings. The summed E-state index contributed by atoms with van der Waals surface area (Å²) in [5.41, 5.74) is 1.97. The summed E-state index contributed by atoms with van der Waals surface area (Å²) in [7, 11) is 0. The van der Waals surface area contributed by atoms with Gasteiger partial charge in [-0.25, -0.2) is 4.79 Å². The predicted octanol–water partition coefficient (Wildman–Crippen LogP) is 2.87. The second-order valence-electron chi connectivity index (χ2n) is 4.81. The Morgan fingerprint density at radius 2 is 1.90 bits per heavy atom. The van der Waals surface area contributed by atoms with Crippen molar-refractivity contribution in [3.05, 3.63) is 29.8 Å². The van der Waals surface area contributed by atoms with E-state index in [4.69, 9.17) is 5.11 Å². The van der Waals surface area contributed by atoms with E-state index in [0.29, 0.717) is 19.4 Å². The van der Waals surface area contributed by atoms with Gasteiger partial charge in [0.25, 0.3) is 0 Å². The summed E-state index contributed by atoms with van der Waals surface area (Å²) in [4.78, 5) is 22.2. The number of benzene rings is 1. The van der Waals surface area contributed by atoms with Crippen molar-refractivity contribution >= 4 is 17.7 Å². The number of rotatable bonds is 7. The topological polar surface area (TPSA) is 78.4 Å². The summed E-state index contributed by atoms with van der Waals surface area (Å²) in [6.07, 6.45) is 2.17. The van der Waals surface area contributed by atoms with E-state index in [1.807, 2.05) is 24.3 Å². The average molecular weight is 278 g/mol. The minimum Gasteiger partial charge on any atom is -0.481 e. The van der Waals surface area contributed by atoms with E-state index in [0.717, 1.165) is 12.1 Å². The first-order valence-corrected chi connectivity index (χ1v) is 6.89. The van der Waals surface area contributed by atoms with Crippen LogP contribution in [0.3, 0.4) is 0 Å². The molecule has 0 aromatic heterocycles. The summed E-state index contributed by atoms with van der Waals surface area (Å²) in [6, 6.07) is 7.42. The van der Waals surface area contributed by atoms with Gasteiger partial charge in [-0.1, -0.05) is 26.0 Å². The molecule has 1 atom stereocenters. The third-order valence-corrected chi connectivity index (χ3v) is 3.14. The number of urea groups is 1. The molecule has 0 bridgehead atoms. The van der Waals surface area contributed by atoms with Crippen molar-refractivity contribution in [2.75, 3.05) is 11.9 Å². The Hall–Kier alpha value is -2.04. The Morgan fingerprint density at radius 1 is 1.25 bits per heavy atom. The molecule has 0 radical (unpaired) electrons. The van der Waals surface area contributed by atoms with Gasteiger partial charge in [0.15, 0.2) is 0 Å². The highest BCUT2D eigenvalue weighted by atomic mass is 16.4. The SMILES string of the molecule is CCc1ccc(NC(=O)NCCCC(C)C(=O)O)cc1. The third kappa shape index (κ3) is 5.73. The Bertz CT molecular complexity index is 443. The molecule has 110 valence electrons. The highest BCUT2D eigenvalue weighted by Crippen LogP contribution is 2.09. The maximum Gasteiger partial charge on any atom is 0.319 e. The molecule has 0 aliphatic carbocycles. The van der Waals surface area contributed by atoms with Gasteiger partial charge in [0, 0.05) is 12.2 Å². The molecule has 0 heterocycles. The summed E-state index contributed by atoms with van der Waals surface area (Å²) >= 11 is 0. The normalized spacial score (nSPS) is 11.7. The summed E-state index contributed by atoms with van der Waals surface area (Å²) in [5, 5.41) is 14.2. The van der Waals surface area contributed by atoms with Gasteiger partial charge in [0.1, 0.15) is 0 Å². The molecule has 1 rings (SSSR count). The van der Waals surface area contributed by atoms with Crippen LogP contribution in [0.15, 0.2) is 24.3 Å². The van der Waals surface area contributed by atoms with Gasteiger partial charge in [-0.3, -0.25) is 4.79 Å². The van der Waals surface area contributed by atoms with Crippen molar-refractivity contribution in [1.82, 2.24) is 5.32 Å². The number of aryl methyl sites for hydroxylation is 1. The van der Waals surface area contributed by atoms with E-state index in [2.05, 4.69) is 17.6 Å². The number of hydrogen-bond donors (Lipinski definition) is 3. The van der Waals surface area contributed by atoms with Crippen LogP contribution in [0, 0.1) is 5.92 Å². The quantitative estimate of drug-likeness (QED) is 0.671. The number of nitrogens with one attached hydrogen (secondary N) is 2. The number of hydrogen-bond acceptors (Lipinski definition) is 2. The first-order valence-electron chi connectivity index (χ1n) is 6.89. The minimum absolute atomic E-state index is 0.266. The summed E-state index contributed by atoms with van der Waals surface area (Å²) in [5.74, 6) is -1.17.